The summed E-state index contributed by atoms with van der Waals surface area (Å²) < 4.78 is 22.9. The van der Waals surface area contributed by atoms with Crippen LogP contribution in [0.3, 0.4) is 0 Å². The highest BCUT2D eigenvalue weighted by Crippen LogP contribution is 2.52. The SMILES string of the molecule is CCCCCCC(=O)C(OP(=O)(O)OC1[C@@H](O)[C@H](O)C(O)[C@H](O)[C@@H]1O)(C(=O)CCCCCC)[C@@H](O)CO. The van der Waals surface area contributed by atoms with E-state index < -0.39 is 74.3 Å². The number of carbonyl (C=O) groups is 2. The van der Waals surface area contributed by atoms with E-state index in [-0.39, 0.29) is 25.7 Å². The lowest BCUT2D eigenvalue weighted by atomic mass is 9.82. The predicted octanol–water partition coefficient (Wildman–Crippen LogP) is -0.522. The molecular weight excluding hydrogens is 515 g/mol. The van der Waals surface area contributed by atoms with Gasteiger partial charge in [0.2, 0.25) is 5.60 Å². The van der Waals surface area contributed by atoms with Gasteiger partial charge in [0.15, 0.2) is 11.6 Å². The molecule has 8 atom stereocenters. The molecule has 1 rings (SSSR count). The van der Waals surface area contributed by atoms with Crippen molar-refractivity contribution in [2.75, 3.05) is 6.61 Å². The van der Waals surface area contributed by atoms with Crippen molar-refractivity contribution in [1.29, 1.82) is 0 Å². The molecule has 0 radical (unpaired) electrons. The van der Waals surface area contributed by atoms with Gasteiger partial charge in [-0.1, -0.05) is 52.4 Å². The average Bonchev–Trinajstić information content (AvgIpc) is 2.87. The lowest BCUT2D eigenvalue weighted by Crippen LogP contribution is -2.64. The van der Waals surface area contributed by atoms with Crippen LogP contribution in [0.25, 0.3) is 0 Å². The quantitative estimate of drug-likeness (QED) is 0.0602. The maximum atomic E-state index is 13.3. The Kier molecular flexibility index (Phi) is 14.5. The van der Waals surface area contributed by atoms with E-state index in [1.807, 2.05) is 13.8 Å². The van der Waals surface area contributed by atoms with Gasteiger partial charge in [0.1, 0.15) is 42.7 Å². The molecule has 1 aliphatic carbocycles. The largest absolute Gasteiger partial charge is 0.474 e. The summed E-state index contributed by atoms with van der Waals surface area (Å²) in [6.07, 6.45) is -10.7. The van der Waals surface area contributed by atoms with E-state index >= 15 is 0 Å². The van der Waals surface area contributed by atoms with Crippen molar-refractivity contribution in [3.05, 3.63) is 0 Å². The Morgan fingerprint density at radius 2 is 1.19 bits per heavy atom. The third-order valence-corrected chi connectivity index (χ3v) is 7.60. The molecule has 0 aromatic carbocycles. The van der Waals surface area contributed by atoms with E-state index in [0.717, 1.165) is 25.7 Å². The number of aliphatic hydroxyl groups is 7. The van der Waals surface area contributed by atoms with Gasteiger partial charge in [0.05, 0.1) is 6.61 Å². The number of hydrogen-bond donors (Lipinski definition) is 8. The fraction of sp³-hybridized carbons (Fsp3) is 0.913. The van der Waals surface area contributed by atoms with E-state index in [1.165, 1.54) is 0 Å². The molecule has 0 saturated heterocycles. The number of ketones is 2. The Balaban J connectivity index is 3.33. The summed E-state index contributed by atoms with van der Waals surface area (Å²) in [6.45, 7) is 2.69. The smallest absolute Gasteiger partial charge is 0.394 e. The topological polar surface area (TPSA) is 232 Å². The Morgan fingerprint density at radius 1 is 0.784 bits per heavy atom. The molecule has 0 aromatic heterocycles. The molecule has 13 nitrogen and oxygen atoms in total. The molecule has 1 saturated carbocycles. The van der Waals surface area contributed by atoms with Crippen LogP contribution >= 0.6 is 7.82 Å². The van der Waals surface area contributed by atoms with Crippen molar-refractivity contribution in [2.24, 2.45) is 0 Å². The second kappa shape index (κ2) is 15.7. The standard InChI is InChI=1S/C23H43O13P/c1-3-5-7-9-11-14(25)23(16(27)13-24,15(26)12-10-8-6-4-2)36-37(33,34)35-22-20(31)18(29)17(28)19(30)21(22)32/h16-22,24,27-32H,3-13H2,1-2H3,(H,33,34)/t16-,17?,18-,19+,20-,21-,22?/m0/s1. The van der Waals surface area contributed by atoms with Crippen molar-refractivity contribution in [3.8, 4) is 0 Å². The number of unbranched alkanes of at least 4 members (excludes halogenated alkanes) is 6. The van der Waals surface area contributed by atoms with Crippen LogP contribution < -0.4 is 0 Å². The normalized spacial score (nSPS) is 29.0. The molecule has 0 spiro atoms. The Hall–Kier alpha value is -0.830. The van der Waals surface area contributed by atoms with Crippen LogP contribution in [0, 0.1) is 0 Å². The number of Topliss-reactive ketones (excluding diaryl/α,β-unsaturated/α-hetero) is 2. The van der Waals surface area contributed by atoms with Crippen molar-refractivity contribution in [3.63, 3.8) is 0 Å². The van der Waals surface area contributed by atoms with Crippen LogP contribution in [-0.4, -0.2) is 107 Å². The first-order chi connectivity index (χ1) is 17.3. The van der Waals surface area contributed by atoms with Crippen LogP contribution in [-0.2, 0) is 23.2 Å². The summed E-state index contributed by atoms with van der Waals surface area (Å²) in [6, 6.07) is 0. The molecule has 1 aliphatic rings. The van der Waals surface area contributed by atoms with Crippen molar-refractivity contribution >= 4 is 19.4 Å². The zero-order chi connectivity index (χ0) is 28.4. The average molecular weight is 559 g/mol. The molecule has 0 bridgehead atoms. The van der Waals surface area contributed by atoms with E-state index in [4.69, 9.17) is 9.05 Å². The first-order valence-electron chi connectivity index (χ1n) is 12.8. The molecule has 37 heavy (non-hydrogen) atoms. The third kappa shape index (κ3) is 8.84. The van der Waals surface area contributed by atoms with Gasteiger partial charge in [0, 0.05) is 12.8 Å². The van der Waals surface area contributed by atoms with Gasteiger partial charge in [-0.2, -0.15) is 0 Å². The van der Waals surface area contributed by atoms with Crippen LogP contribution in [0.1, 0.15) is 78.1 Å². The predicted molar refractivity (Wildman–Crippen MR) is 129 cm³/mol. The summed E-state index contributed by atoms with van der Waals surface area (Å²) in [4.78, 5) is 37.1. The van der Waals surface area contributed by atoms with Crippen molar-refractivity contribution < 1.29 is 63.8 Å². The van der Waals surface area contributed by atoms with Crippen LogP contribution in [0.15, 0.2) is 0 Å². The fourth-order valence-electron chi connectivity index (χ4n) is 4.29. The van der Waals surface area contributed by atoms with E-state index in [9.17, 15) is 54.8 Å². The number of phosphoric ester groups is 1. The van der Waals surface area contributed by atoms with Crippen molar-refractivity contribution in [2.45, 2.75) is 126 Å². The van der Waals surface area contributed by atoms with Crippen LogP contribution in [0.4, 0.5) is 0 Å². The van der Waals surface area contributed by atoms with E-state index in [1.54, 1.807) is 0 Å². The van der Waals surface area contributed by atoms with Gasteiger partial charge in [-0.05, 0) is 12.8 Å². The first kappa shape index (κ1) is 34.2. The molecule has 8 N–H and O–H groups in total. The lowest BCUT2D eigenvalue weighted by Gasteiger charge is -2.42. The number of phosphoric acid groups is 1. The zero-order valence-electron chi connectivity index (χ0n) is 21.4. The number of rotatable bonds is 18. The van der Waals surface area contributed by atoms with Crippen molar-refractivity contribution in [1.82, 2.24) is 0 Å². The lowest BCUT2D eigenvalue weighted by molar-refractivity contribution is -0.221. The molecular formula is C23H43O13P. The summed E-state index contributed by atoms with van der Waals surface area (Å²) in [5.41, 5.74) is -2.99. The Bertz CT molecular complexity index is 723. The van der Waals surface area contributed by atoms with Gasteiger partial charge in [0.25, 0.3) is 0 Å². The fourth-order valence-corrected chi connectivity index (χ4v) is 5.58. The highest BCUT2D eigenvalue weighted by Gasteiger charge is 2.58. The molecule has 0 amide bonds. The summed E-state index contributed by atoms with van der Waals surface area (Å²) >= 11 is 0. The van der Waals surface area contributed by atoms with Gasteiger partial charge in [-0.3, -0.25) is 18.6 Å². The van der Waals surface area contributed by atoms with E-state index in [0.29, 0.717) is 12.8 Å². The second-order valence-electron chi connectivity index (χ2n) is 9.48. The summed E-state index contributed by atoms with van der Waals surface area (Å²) in [5, 5.41) is 70.0. The minimum absolute atomic E-state index is 0.270. The molecule has 3 unspecified atom stereocenters. The molecule has 0 aliphatic heterocycles. The highest BCUT2D eigenvalue weighted by molar-refractivity contribution is 7.47. The summed E-state index contributed by atoms with van der Waals surface area (Å²) in [7, 11) is -5.63. The van der Waals surface area contributed by atoms with E-state index in [2.05, 4.69) is 0 Å². The highest BCUT2D eigenvalue weighted by atomic mass is 31.2. The Morgan fingerprint density at radius 3 is 1.57 bits per heavy atom. The van der Waals surface area contributed by atoms with Gasteiger partial charge >= 0.3 is 7.82 Å². The number of carbonyl (C=O) groups excluding carboxylic acids is 2. The minimum Gasteiger partial charge on any atom is -0.394 e. The Labute approximate surface area is 216 Å². The minimum atomic E-state index is -5.63. The molecule has 0 heterocycles. The summed E-state index contributed by atoms with van der Waals surface area (Å²) in [5.74, 6) is -2.10. The zero-order valence-corrected chi connectivity index (χ0v) is 22.3. The maximum absolute atomic E-state index is 13.3. The number of hydrogen-bond acceptors (Lipinski definition) is 12. The molecule has 1 fully saturated rings. The number of aliphatic hydroxyl groups excluding tert-OH is 7. The molecule has 0 aromatic rings. The van der Waals surface area contributed by atoms with Gasteiger partial charge < -0.3 is 40.6 Å². The van der Waals surface area contributed by atoms with Crippen LogP contribution in [0.2, 0.25) is 0 Å². The molecule has 14 heteroatoms. The van der Waals surface area contributed by atoms with Gasteiger partial charge in [-0.25, -0.2) is 4.57 Å². The van der Waals surface area contributed by atoms with Gasteiger partial charge in [-0.15, -0.1) is 0 Å². The first-order valence-corrected chi connectivity index (χ1v) is 14.3. The monoisotopic (exact) mass is 558 g/mol. The third-order valence-electron chi connectivity index (χ3n) is 6.57. The maximum Gasteiger partial charge on any atom is 0.474 e. The molecule has 218 valence electrons. The van der Waals surface area contributed by atoms with Crippen LogP contribution in [0.5, 0.6) is 0 Å². The second-order valence-corrected chi connectivity index (χ2v) is 10.8.